The minimum absolute atomic E-state index is 0.380. The molecule has 0 amide bonds. The second-order valence-electron chi connectivity index (χ2n) is 1.33. The van der Waals surface area contributed by atoms with Crippen LogP contribution < -0.4 is 0 Å². The number of ether oxygens (including phenoxy) is 2. The van der Waals surface area contributed by atoms with Crippen LogP contribution in [0, 0.1) is 0 Å². The van der Waals surface area contributed by atoms with Crippen molar-refractivity contribution in [2.75, 3.05) is 6.79 Å². The van der Waals surface area contributed by atoms with Gasteiger partial charge in [0, 0.05) is 0 Å². The summed E-state index contributed by atoms with van der Waals surface area (Å²) in [6.07, 6.45) is 0. The monoisotopic (exact) mass is 118 g/mol. The largest absolute Gasteiger partial charge is 0.458 e. The maximum absolute atomic E-state index is 4.90. The number of rotatable bonds is 0. The van der Waals surface area contributed by atoms with Gasteiger partial charge >= 0.3 is 0 Å². The molecule has 0 saturated heterocycles. The summed E-state index contributed by atoms with van der Waals surface area (Å²) in [6, 6.07) is 0. The van der Waals surface area contributed by atoms with Crippen molar-refractivity contribution in [3.05, 3.63) is 11.3 Å². The Hall–Kier alpha value is -0.230. The van der Waals surface area contributed by atoms with Crippen molar-refractivity contribution in [3.8, 4) is 0 Å². The Morgan fingerprint density at radius 3 is 2.43 bits per heavy atom. The average molecular weight is 118 g/mol. The molecular weight excluding hydrogens is 111 g/mol. The lowest BCUT2D eigenvalue weighted by molar-refractivity contribution is 0.0785. The van der Waals surface area contributed by atoms with Gasteiger partial charge < -0.3 is 9.47 Å². The molecule has 2 nitrogen and oxygen atoms in total. The number of allylic oxidation sites excluding steroid dienone is 1. The fraction of sp³-hybridized carbons (Fsp3) is 0.500. The predicted molar refractivity (Wildman–Crippen MR) is 29.4 cm³/mol. The molecule has 1 rings (SSSR count). The highest BCUT2D eigenvalue weighted by molar-refractivity contribution is 7.22. The zero-order chi connectivity index (χ0) is 5.28. The Balaban J connectivity index is 2.64. The van der Waals surface area contributed by atoms with Gasteiger partial charge in [-0.15, -0.1) is 0 Å². The molecule has 40 valence electrons. The van der Waals surface area contributed by atoms with Crippen LogP contribution in [0.15, 0.2) is 11.3 Å². The van der Waals surface area contributed by atoms with Crippen molar-refractivity contribution in [2.45, 2.75) is 6.92 Å². The van der Waals surface area contributed by atoms with E-state index in [9.17, 15) is 0 Å². The Morgan fingerprint density at radius 1 is 1.57 bits per heavy atom. The molecule has 0 saturated carbocycles. The first-order valence-corrected chi connectivity index (χ1v) is 2.60. The maximum Gasteiger partial charge on any atom is 0.230 e. The van der Waals surface area contributed by atoms with Crippen LogP contribution in [0.3, 0.4) is 0 Å². The summed E-state index contributed by atoms with van der Waals surface area (Å²) in [5.41, 5.74) is 0.819. The maximum atomic E-state index is 4.90. The molecule has 0 radical (unpaired) electrons. The summed E-state index contributed by atoms with van der Waals surface area (Å²) in [6.45, 7) is 2.25. The van der Waals surface area contributed by atoms with Crippen molar-refractivity contribution < 1.29 is 9.47 Å². The number of hydrogen-bond donors (Lipinski definition) is 0. The highest BCUT2D eigenvalue weighted by Crippen LogP contribution is 2.20. The molecule has 3 heteroatoms. The van der Waals surface area contributed by atoms with E-state index in [1.165, 1.54) is 0 Å². The smallest absolute Gasteiger partial charge is 0.230 e. The van der Waals surface area contributed by atoms with Crippen molar-refractivity contribution in [1.82, 2.24) is 0 Å². The Bertz CT molecular complexity index is 96.3. The summed E-state index contributed by atoms with van der Waals surface area (Å²) >= 11 is 0. The van der Waals surface area contributed by atoms with Crippen molar-refractivity contribution in [1.29, 1.82) is 0 Å². The van der Waals surface area contributed by atoms with E-state index in [0.717, 1.165) is 11.3 Å². The van der Waals surface area contributed by atoms with Gasteiger partial charge in [0.25, 0.3) is 0 Å². The summed E-state index contributed by atoms with van der Waals surface area (Å²) in [5.74, 6) is 0.866. The molecule has 0 aromatic heterocycles. The predicted octanol–water partition coefficient (Wildman–Crippen LogP) is 1.05. The second-order valence-corrected chi connectivity index (χ2v) is 1.85. The molecule has 1 unspecified atom stereocenters. The van der Waals surface area contributed by atoms with Crippen molar-refractivity contribution in [3.63, 3.8) is 0 Å². The lowest BCUT2D eigenvalue weighted by Gasteiger charge is -1.87. The minimum atomic E-state index is 0.380. The van der Waals surface area contributed by atoms with E-state index in [1.54, 1.807) is 0 Å². The molecule has 0 aromatic rings. The van der Waals surface area contributed by atoms with Crippen LogP contribution in [0.5, 0.6) is 0 Å². The van der Waals surface area contributed by atoms with Gasteiger partial charge in [0.1, 0.15) is 5.76 Å². The fourth-order valence-corrected chi connectivity index (χ4v) is 0.505. The van der Waals surface area contributed by atoms with E-state index >= 15 is 0 Å². The van der Waals surface area contributed by atoms with Gasteiger partial charge in [-0.2, -0.15) is 0 Å². The molecule has 1 atom stereocenters. The van der Waals surface area contributed by atoms with Crippen LogP contribution in [0.4, 0.5) is 0 Å². The van der Waals surface area contributed by atoms with Crippen molar-refractivity contribution in [2.24, 2.45) is 0 Å². The van der Waals surface area contributed by atoms with Crippen LogP contribution in [-0.4, -0.2) is 6.79 Å². The van der Waals surface area contributed by atoms with Gasteiger partial charge in [0.05, 0.1) is 0 Å². The fourth-order valence-electron chi connectivity index (χ4n) is 0.354. The summed E-state index contributed by atoms with van der Waals surface area (Å²) in [7, 11) is 2.44. The van der Waals surface area contributed by atoms with Gasteiger partial charge in [-0.1, -0.05) is 9.24 Å². The number of hydrogen-bond acceptors (Lipinski definition) is 2. The van der Waals surface area contributed by atoms with Gasteiger partial charge in [-0.25, -0.2) is 0 Å². The van der Waals surface area contributed by atoms with E-state index in [2.05, 4.69) is 9.24 Å². The molecule has 0 spiro atoms. The molecule has 0 N–H and O–H groups in total. The second kappa shape index (κ2) is 1.71. The summed E-state index contributed by atoms with van der Waals surface area (Å²) < 4.78 is 9.79. The summed E-state index contributed by atoms with van der Waals surface area (Å²) in [4.78, 5) is 0. The quantitative estimate of drug-likeness (QED) is 0.442. The lowest BCUT2D eigenvalue weighted by Crippen LogP contribution is -1.79. The first-order chi connectivity index (χ1) is 3.30. The van der Waals surface area contributed by atoms with E-state index in [0.29, 0.717) is 6.79 Å². The topological polar surface area (TPSA) is 18.5 Å². The SMILES string of the molecule is CC1=C(P)OCO1. The van der Waals surface area contributed by atoms with E-state index < -0.39 is 0 Å². The van der Waals surface area contributed by atoms with Crippen LogP contribution in [-0.2, 0) is 9.47 Å². The molecular formula is C4H7O2P. The first-order valence-electron chi connectivity index (χ1n) is 2.02. The normalized spacial score (nSPS) is 19.1. The molecule has 0 aromatic carbocycles. The summed E-state index contributed by atoms with van der Waals surface area (Å²) in [5, 5.41) is 0. The molecule has 1 heterocycles. The van der Waals surface area contributed by atoms with E-state index in [4.69, 9.17) is 9.47 Å². The first kappa shape index (κ1) is 4.92. The Labute approximate surface area is 44.7 Å². The van der Waals surface area contributed by atoms with Crippen molar-refractivity contribution >= 4 is 9.24 Å². The Kier molecular flexibility index (Phi) is 1.20. The molecule has 0 aliphatic carbocycles. The van der Waals surface area contributed by atoms with Gasteiger partial charge in [-0.05, 0) is 6.92 Å². The zero-order valence-corrected chi connectivity index (χ0v) is 5.26. The molecule has 0 fully saturated rings. The lowest BCUT2D eigenvalue weighted by atomic mass is 10.6. The third-order valence-electron chi connectivity index (χ3n) is 0.837. The molecule has 7 heavy (non-hydrogen) atoms. The van der Waals surface area contributed by atoms with Crippen LogP contribution in [0.2, 0.25) is 0 Å². The molecule has 1 aliphatic rings. The van der Waals surface area contributed by atoms with Crippen LogP contribution in [0.1, 0.15) is 6.92 Å². The molecule has 1 aliphatic heterocycles. The van der Waals surface area contributed by atoms with Gasteiger partial charge in [0.2, 0.25) is 6.79 Å². The van der Waals surface area contributed by atoms with E-state index in [1.807, 2.05) is 6.92 Å². The van der Waals surface area contributed by atoms with Crippen LogP contribution in [0.25, 0.3) is 0 Å². The molecule has 0 bridgehead atoms. The zero-order valence-electron chi connectivity index (χ0n) is 4.10. The highest BCUT2D eigenvalue weighted by Gasteiger charge is 2.05. The third-order valence-corrected chi connectivity index (χ3v) is 1.41. The van der Waals surface area contributed by atoms with Gasteiger partial charge in [-0.3, -0.25) is 0 Å². The van der Waals surface area contributed by atoms with E-state index in [-0.39, 0.29) is 0 Å². The Morgan fingerprint density at radius 2 is 2.29 bits per heavy atom. The minimum Gasteiger partial charge on any atom is -0.458 e. The van der Waals surface area contributed by atoms with Gasteiger partial charge in [0.15, 0.2) is 5.50 Å². The van der Waals surface area contributed by atoms with Crippen LogP contribution >= 0.6 is 9.24 Å². The highest BCUT2D eigenvalue weighted by atomic mass is 31.0. The third kappa shape index (κ3) is 0.859. The standard InChI is InChI=1S/C4H7O2P/c1-3-4(7)6-2-5-3/h2,7H2,1H3. The average Bonchev–Trinajstić information content (AvgIpc) is 1.91.